The van der Waals surface area contributed by atoms with Crippen LogP contribution in [0.25, 0.3) is 0 Å². The number of nitrogens with two attached hydrogens (primary N) is 1. The summed E-state index contributed by atoms with van der Waals surface area (Å²) in [5.41, 5.74) is 5.59. The molecular formula is C17H24N2O3. The molecule has 0 aliphatic heterocycles. The number of ether oxygens (including phenoxy) is 1. The molecule has 2 rings (SSSR count). The fourth-order valence-electron chi connectivity index (χ4n) is 2.90. The predicted molar refractivity (Wildman–Crippen MR) is 84.6 cm³/mol. The maximum absolute atomic E-state index is 12.0. The highest BCUT2D eigenvalue weighted by Crippen LogP contribution is 2.29. The first kappa shape index (κ1) is 16.3. The Balaban J connectivity index is 1.81. The van der Waals surface area contributed by atoms with E-state index >= 15 is 0 Å². The van der Waals surface area contributed by atoms with Crippen LogP contribution in [0.15, 0.2) is 24.3 Å². The third-order valence-corrected chi connectivity index (χ3v) is 4.56. The normalized spacial score (nSPS) is 24.5. The van der Waals surface area contributed by atoms with Gasteiger partial charge in [0.1, 0.15) is 5.75 Å². The molecule has 2 amide bonds. The lowest BCUT2D eigenvalue weighted by Crippen LogP contribution is -2.45. The Kier molecular flexibility index (Phi) is 5.41. The Labute approximate surface area is 131 Å². The Bertz CT molecular complexity index is 527. The summed E-state index contributed by atoms with van der Waals surface area (Å²) in [6, 6.07) is 6.68. The molecule has 120 valence electrons. The number of amides is 2. The van der Waals surface area contributed by atoms with Crippen molar-refractivity contribution in [1.29, 1.82) is 0 Å². The topological polar surface area (TPSA) is 81.4 Å². The second-order valence-corrected chi connectivity index (χ2v) is 6.12. The zero-order valence-corrected chi connectivity index (χ0v) is 13.2. The molecule has 3 atom stereocenters. The van der Waals surface area contributed by atoms with Crippen LogP contribution in [0.4, 0.5) is 0 Å². The summed E-state index contributed by atoms with van der Waals surface area (Å²) in [6.45, 7) is 4.41. The molecule has 5 nitrogen and oxygen atoms in total. The average molecular weight is 304 g/mol. The van der Waals surface area contributed by atoms with E-state index in [2.05, 4.69) is 19.2 Å². The molecule has 1 aromatic carbocycles. The van der Waals surface area contributed by atoms with Crippen molar-refractivity contribution in [3.8, 4) is 5.75 Å². The fraction of sp³-hybridized carbons (Fsp3) is 0.529. The van der Waals surface area contributed by atoms with Gasteiger partial charge >= 0.3 is 0 Å². The summed E-state index contributed by atoms with van der Waals surface area (Å²) < 4.78 is 5.44. The first-order valence-electron chi connectivity index (χ1n) is 7.79. The molecule has 1 aliphatic carbocycles. The van der Waals surface area contributed by atoms with Crippen LogP contribution < -0.4 is 15.8 Å². The van der Waals surface area contributed by atoms with E-state index < -0.39 is 5.91 Å². The van der Waals surface area contributed by atoms with E-state index in [9.17, 15) is 9.59 Å². The van der Waals surface area contributed by atoms with Gasteiger partial charge in [-0.05, 0) is 42.5 Å². The number of primary amides is 1. The largest absolute Gasteiger partial charge is 0.484 e. The molecule has 1 aromatic rings. The second kappa shape index (κ2) is 7.29. The van der Waals surface area contributed by atoms with Gasteiger partial charge in [0.05, 0.1) is 0 Å². The van der Waals surface area contributed by atoms with E-state index in [1.165, 1.54) is 6.42 Å². The molecule has 0 spiro atoms. The third kappa shape index (κ3) is 4.23. The maximum atomic E-state index is 12.0. The van der Waals surface area contributed by atoms with Gasteiger partial charge in [0.2, 0.25) is 5.91 Å². The summed E-state index contributed by atoms with van der Waals surface area (Å²) in [5.74, 6) is 1.09. The van der Waals surface area contributed by atoms with Crippen molar-refractivity contribution in [2.24, 2.45) is 17.6 Å². The monoisotopic (exact) mass is 304 g/mol. The molecular weight excluding hydrogens is 280 g/mol. The van der Waals surface area contributed by atoms with Crippen molar-refractivity contribution in [1.82, 2.24) is 5.32 Å². The van der Waals surface area contributed by atoms with E-state index in [0.717, 1.165) is 12.8 Å². The number of hydrogen-bond acceptors (Lipinski definition) is 3. The first-order chi connectivity index (χ1) is 10.5. The minimum atomic E-state index is -0.482. The summed E-state index contributed by atoms with van der Waals surface area (Å²) >= 11 is 0. The molecule has 0 radical (unpaired) electrons. The molecule has 0 saturated heterocycles. The van der Waals surface area contributed by atoms with E-state index in [-0.39, 0.29) is 18.6 Å². The van der Waals surface area contributed by atoms with Crippen molar-refractivity contribution in [3.63, 3.8) is 0 Å². The number of carbonyl (C=O) groups is 2. The smallest absolute Gasteiger partial charge is 0.258 e. The lowest BCUT2D eigenvalue weighted by Gasteiger charge is -2.34. The molecule has 3 N–H and O–H groups in total. The summed E-state index contributed by atoms with van der Waals surface area (Å²) in [7, 11) is 0. The highest BCUT2D eigenvalue weighted by atomic mass is 16.5. The van der Waals surface area contributed by atoms with E-state index in [0.29, 0.717) is 23.1 Å². The number of nitrogens with one attached hydrogen (secondary N) is 1. The lowest BCUT2D eigenvalue weighted by molar-refractivity contribution is -0.124. The van der Waals surface area contributed by atoms with Crippen molar-refractivity contribution in [2.45, 2.75) is 39.2 Å². The van der Waals surface area contributed by atoms with Crippen molar-refractivity contribution in [3.05, 3.63) is 29.8 Å². The molecule has 0 aromatic heterocycles. The van der Waals surface area contributed by atoms with Crippen LogP contribution in [0.3, 0.4) is 0 Å². The number of hydrogen-bond donors (Lipinski definition) is 2. The van der Waals surface area contributed by atoms with Gasteiger partial charge in [0, 0.05) is 11.6 Å². The molecule has 22 heavy (non-hydrogen) atoms. The molecule has 0 bridgehead atoms. The summed E-state index contributed by atoms with van der Waals surface area (Å²) in [4.78, 5) is 23.0. The Morgan fingerprint density at radius 3 is 2.55 bits per heavy atom. The van der Waals surface area contributed by atoms with Crippen molar-refractivity contribution < 1.29 is 14.3 Å². The van der Waals surface area contributed by atoms with Crippen LogP contribution >= 0.6 is 0 Å². The van der Waals surface area contributed by atoms with E-state index in [1.54, 1.807) is 24.3 Å². The van der Waals surface area contributed by atoms with Gasteiger partial charge in [-0.2, -0.15) is 0 Å². The van der Waals surface area contributed by atoms with Crippen LogP contribution in [-0.4, -0.2) is 24.5 Å². The Morgan fingerprint density at radius 2 is 1.91 bits per heavy atom. The van der Waals surface area contributed by atoms with Crippen molar-refractivity contribution in [2.75, 3.05) is 6.61 Å². The van der Waals surface area contributed by atoms with Gasteiger partial charge in [0.25, 0.3) is 5.91 Å². The van der Waals surface area contributed by atoms with Crippen LogP contribution in [0.2, 0.25) is 0 Å². The highest BCUT2D eigenvalue weighted by molar-refractivity contribution is 5.92. The fourth-order valence-corrected chi connectivity index (χ4v) is 2.90. The average Bonchev–Trinajstić information content (AvgIpc) is 2.50. The third-order valence-electron chi connectivity index (χ3n) is 4.56. The van der Waals surface area contributed by atoms with E-state index in [1.807, 2.05) is 0 Å². The quantitative estimate of drug-likeness (QED) is 0.874. The second-order valence-electron chi connectivity index (χ2n) is 6.12. The summed E-state index contributed by atoms with van der Waals surface area (Å²) in [5, 5.41) is 3.06. The van der Waals surface area contributed by atoms with Gasteiger partial charge in [0.15, 0.2) is 6.61 Å². The minimum absolute atomic E-state index is 0.0203. The van der Waals surface area contributed by atoms with Crippen molar-refractivity contribution >= 4 is 11.8 Å². The zero-order chi connectivity index (χ0) is 16.1. The predicted octanol–water partition coefficient (Wildman–Crippen LogP) is 2.11. The molecule has 0 heterocycles. The Hall–Kier alpha value is -2.04. The van der Waals surface area contributed by atoms with E-state index in [4.69, 9.17) is 10.5 Å². The van der Waals surface area contributed by atoms with Gasteiger partial charge in [-0.1, -0.05) is 26.7 Å². The molecule has 1 saturated carbocycles. The standard InChI is InChI=1S/C17H24N2O3/c1-11-4-3-5-15(12(11)2)19-16(20)10-22-14-8-6-13(7-9-14)17(18)21/h6-9,11-12,15H,3-5,10H2,1-2H3,(H2,18,21)(H,19,20). The minimum Gasteiger partial charge on any atom is -0.484 e. The van der Waals surface area contributed by atoms with Crippen LogP contribution in [0, 0.1) is 11.8 Å². The SMILES string of the molecule is CC1CCCC(NC(=O)COc2ccc(C(N)=O)cc2)C1C. The summed E-state index contributed by atoms with van der Waals surface area (Å²) in [6.07, 6.45) is 3.42. The van der Waals surface area contributed by atoms with Gasteiger partial charge in [-0.25, -0.2) is 0 Å². The maximum Gasteiger partial charge on any atom is 0.258 e. The number of rotatable bonds is 5. The van der Waals surface area contributed by atoms with Gasteiger partial charge in [-0.15, -0.1) is 0 Å². The Morgan fingerprint density at radius 1 is 1.23 bits per heavy atom. The molecule has 1 aliphatic rings. The molecule has 5 heteroatoms. The molecule has 1 fully saturated rings. The van der Waals surface area contributed by atoms with Gasteiger partial charge in [-0.3, -0.25) is 9.59 Å². The lowest BCUT2D eigenvalue weighted by atomic mass is 9.78. The van der Waals surface area contributed by atoms with Crippen LogP contribution in [0.1, 0.15) is 43.5 Å². The van der Waals surface area contributed by atoms with Crippen LogP contribution in [-0.2, 0) is 4.79 Å². The first-order valence-corrected chi connectivity index (χ1v) is 7.79. The van der Waals surface area contributed by atoms with Crippen LogP contribution in [0.5, 0.6) is 5.75 Å². The highest BCUT2D eigenvalue weighted by Gasteiger charge is 2.28. The number of carbonyl (C=O) groups excluding carboxylic acids is 2. The molecule has 3 unspecified atom stereocenters. The number of benzene rings is 1. The zero-order valence-electron chi connectivity index (χ0n) is 13.2. The van der Waals surface area contributed by atoms with Gasteiger partial charge < -0.3 is 15.8 Å².